The second kappa shape index (κ2) is 6.28. The summed E-state index contributed by atoms with van der Waals surface area (Å²) in [6.45, 7) is 1.75. The SMILES string of the molecule is Cc1c(O)cccc1C(=O)NCC(O)c1ccc(N)cc1. The fourth-order valence-corrected chi connectivity index (χ4v) is 1.99. The van der Waals surface area contributed by atoms with Crippen LogP contribution in [-0.4, -0.2) is 22.7 Å². The van der Waals surface area contributed by atoms with Gasteiger partial charge >= 0.3 is 0 Å². The number of hydrogen-bond acceptors (Lipinski definition) is 4. The lowest BCUT2D eigenvalue weighted by Crippen LogP contribution is -2.28. The zero-order valence-corrected chi connectivity index (χ0v) is 11.7. The summed E-state index contributed by atoms with van der Waals surface area (Å²) < 4.78 is 0. The lowest BCUT2D eigenvalue weighted by Gasteiger charge is -2.13. The van der Waals surface area contributed by atoms with E-state index in [-0.39, 0.29) is 18.2 Å². The largest absolute Gasteiger partial charge is 0.508 e. The molecule has 1 atom stereocenters. The van der Waals surface area contributed by atoms with Crippen molar-refractivity contribution in [1.82, 2.24) is 5.32 Å². The zero-order chi connectivity index (χ0) is 15.4. The highest BCUT2D eigenvalue weighted by molar-refractivity contribution is 5.96. The number of anilines is 1. The molecule has 0 bridgehead atoms. The lowest BCUT2D eigenvalue weighted by molar-refractivity contribution is 0.0915. The predicted molar refractivity (Wildman–Crippen MR) is 81.0 cm³/mol. The molecule has 0 aliphatic heterocycles. The van der Waals surface area contributed by atoms with Crippen LogP contribution in [0.5, 0.6) is 5.75 Å². The van der Waals surface area contributed by atoms with Crippen LogP contribution < -0.4 is 11.1 Å². The third kappa shape index (κ3) is 3.52. The van der Waals surface area contributed by atoms with E-state index in [0.29, 0.717) is 22.4 Å². The Bertz CT molecular complexity index is 638. The number of aromatic hydroxyl groups is 1. The van der Waals surface area contributed by atoms with Gasteiger partial charge in [0.05, 0.1) is 6.10 Å². The Morgan fingerprint density at radius 2 is 1.90 bits per heavy atom. The maximum Gasteiger partial charge on any atom is 0.251 e. The maximum atomic E-state index is 12.1. The van der Waals surface area contributed by atoms with Gasteiger partial charge in [0, 0.05) is 23.4 Å². The average molecular weight is 286 g/mol. The summed E-state index contributed by atoms with van der Waals surface area (Å²) in [7, 11) is 0. The number of phenolic OH excluding ortho intramolecular Hbond substituents is 1. The van der Waals surface area contributed by atoms with Gasteiger partial charge in [-0.15, -0.1) is 0 Å². The number of amides is 1. The van der Waals surface area contributed by atoms with Gasteiger partial charge in [0.15, 0.2) is 0 Å². The van der Waals surface area contributed by atoms with E-state index in [2.05, 4.69) is 5.32 Å². The molecule has 1 unspecified atom stereocenters. The first-order valence-corrected chi connectivity index (χ1v) is 6.59. The van der Waals surface area contributed by atoms with Crippen molar-refractivity contribution in [3.63, 3.8) is 0 Å². The molecule has 1 amide bonds. The minimum absolute atomic E-state index is 0.0710. The van der Waals surface area contributed by atoms with Crippen LogP contribution in [0.4, 0.5) is 5.69 Å². The van der Waals surface area contributed by atoms with Crippen molar-refractivity contribution in [3.05, 3.63) is 59.2 Å². The Morgan fingerprint density at radius 3 is 2.57 bits per heavy atom. The summed E-state index contributed by atoms with van der Waals surface area (Å²) in [4.78, 5) is 12.1. The number of hydrogen-bond donors (Lipinski definition) is 4. The fourth-order valence-electron chi connectivity index (χ4n) is 1.99. The van der Waals surface area contributed by atoms with Gasteiger partial charge in [0.1, 0.15) is 5.75 Å². The van der Waals surface area contributed by atoms with Crippen molar-refractivity contribution in [2.75, 3.05) is 12.3 Å². The molecule has 5 heteroatoms. The Labute approximate surface area is 123 Å². The van der Waals surface area contributed by atoms with Gasteiger partial charge < -0.3 is 21.3 Å². The quantitative estimate of drug-likeness (QED) is 0.644. The molecule has 110 valence electrons. The summed E-state index contributed by atoms with van der Waals surface area (Å²) in [5.41, 5.74) is 7.77. The van der Waals surface area contributed by atoms with E-state index in [1.807, 2.05) is 0 Å². The third-order valence-corrected chi connectivity index (χ3v) is 3.33. The standard InChI is InChI=1S/C16H18N2O3/c1-10-13(3-2-4-14(10)19)16(21)18-9-15(20)11-5-7-12(17)8-6-11/h2-8,15,19-20H,9,17H2,1H3,(H,18,21). The van der Waals surface area contributed by atoms with Crippen LogP contribution in [0.1, 0.15) is 27.6 Å². The molecule has 0 spiro atoms. The minimum Gasteiger partial charge on any atom is -0.508 e. The first-order chi connectivity index (χ1) is 9.99. The Morgan fingerprint density at radius 1 is 1.24 bits per heavy atom. The van der Waals surface area contributed by atoms with E-state index in [9.17, 15) is 15.0 Å². The molecule has 0 aliphatic rings. The van der Waals surface area contributed by atoms with E-state index >= 15 is 0 Å². The van der Waals surface area contributed by atoms with Gasteiger partial charge in [0.25, 0.3) is 5.91 Å². The first-order valence-electron chi connectivity index (χ1n) is 6.59. The number of aliphatic hydroxyl groups is 1. The zero-order valence-electron chi connectivity index (χ0n) is 11.7. The number of benzene rings is 2. The topological polar surface area (TPSA) is 95.6 Å². The predicted octanol–water partition coefficient (Wildman–Crippen LogP) is 1.75. The molecule has 2 aromatic rings. The van der Waals surface area contributed by atoms with Crippen molar-refractivity contribution in [2.45, 2.75) is 13.0 Å². The summed E-state index contributed by atoms with van der Waals surface area (Å²) in [5.74, 6) is -0.264. The molecule has 0 heterocycles. The molecule has 0 aromatic heterocycles. The number of aliphatic hydroxyl groups excluding tert-OH is 1. The molecule has 2 aromatic carbocycles. The van der Waals surface area contributed by atoms with E-state index in [4.69, 9.17) is 5.73 Å². The lowest BCUT2D eigenvalue weighted by atomic mass is 10.1. The second-order valence-corrected chi connectivity index (χ2v) is 4.84. The summed E-state index contributed by atoms with van der Waals surface area (Å²) in [6, 6.07) is 11.6. The first kappa shape index (κ1) is 14.9. The molecular formula is C16H18N2O3. The van der Waals surface area contributed by atoms with Crippen molar-refractivity contribution in [1.29, 1.82) is 0 Å². The van der Waals surface area contributed by atoms with Gasteiger partial charge in [0.2, 0.25) is 0 Å². The van der Waals surface area contributed by atoms with Crippen LogP contribution in [0.2, 0.25) is 0 Å². The second-order valence-electron chi connectivity index (χ2n) is 4.84. The van der Waals surface area contributed by atoms with Gasteiger partial charge in [-0.3, -0.25) is 4.79 Å². The van der Waals surface area contributed by atoms with E-state index < -0.39 is 6.10 Å². The molecule has 5 N–H and O–H groups in total. The number of nitrogen functional groups attached to an aromatic ring is 1. The van der Waals surface area contributed by atoms with E-state index in [0.717, 1.165) is 0 Å². The van der Waals surface area contributed by atoms with Crippen LogP contribution >= 0.6 is 0 Å². The molecule has 0 saturated carbocycles. The molecule has 0 radical (unpaired) electrons. The molecule has 21 heavy (non-hydrogen) atoms. The highest BCUT2D eigenvalue weighted by atomic mass is 16.3. The van der Waals surface area contributed by atoms with Crippen LogP contribution in [0.3, 0.4) is 0 Å². The molecule has 5 nitrogen and oxygen atoms in total. The van der Waals surface area contributed by atoms with Crippen LogP contribution in [0, 0.1) is 6.92 Å². The summed E-state index contributed by atoms with van der Waals surface area (Å²) >= 11 is 0. The minimum atomic E-state index is -0.813. The van der Waals surface area contributed by atoms with Crippen molar-refractivity contribution < 1.29 is 15.0 Å². The molecule has 0 aliphatic carbocycles. The molecule has 0 saturated heterocycles. The maximum absolute atomic E-state index is 12.1. The Balaban J connectivity index is 2.00. The van der Waals surface area contributed by atoms with Crippen LogP contribution in [-0.2, 0) is 0 Å². The summed E-state index contributed by atoms with van der Waals surface area (Å²) in [5, 5.41) is 22.3. The highest BCUT2D eigenvalue weighted by Crippen LogP contribution is 2.19. The number of carbonyl (C=O) groups excluding carboxylic acids is 1. The molecule has 0 fully saturated rings. The van der Waals surface area contributed by atoms with Gasteiger partial charge in [-0.25, -0.2) is 0 Å². The van der Waals surface area contributed by atoms with E-state index in [1.165, 1.54) is 6.07 Å². The Hall–Kier alpha value is -2.53. The number of nitrogens with one attached hydrogen (secondary N) is 1. The van der Waals surface area contributed by atoms with Crippen molar-refractivity contribution in [2.24, 2.45) is 0 Å². The molecular weight excluding hydrogens is 268 g/mol. The number of rotatable bonds is 4. The van der Waals surface area contributed by atoms with Crippen LogP contribution in [0.25, 0.3) is 0 Å². The van der Waals surface area contributed by atoms with E-state index in [1.54, 1.807) is 43.3 Å². The van der Waals surface area contributed by atoms with Gasteiger partial charge in [-0.1, -0.05) is 18.2 Å². The Kier molecular flexibility index (Phi) is 4.45. The number of phenols is 1. The van der Waals surface area contributed by atoms with Gasteiger partial charge in [-0.05, 0) is 36.8 Å². The van der Waals surface area contributed by atoms with Gasteiger partial charge in [-0.2, -0.15) is 0 Å². The average Bonchev–Trinajstić information content (AvgIpc) is 2.48. The van der Waals surface area contributed by atoms with Crippen molar-refractivity contribution >= 4 is 11.6 Å². The normalized spacial score (nSPS) is 11.9. The fraction of sp³-hybridized carbons (Fsp3) is 0.188. The number of carbonyl (C=O) groups is 1. The highest BCUT2D eigenvalue weighted by Gasteiger charge is 2.13. The summed E-state index contributed by atoms with van der Waals surface area (Å²) in [6.07, 6.45) is -0.813. The smallest absolute Gasteiger partial charge is 0.251 e. The molecule has 2 rings (SSSR count). The number of nitrogens with two attached hydrogens (primary N) is 1. The van der Waals surface area contributed by atoms with Crippen LogP contribution in [0.15, 0.2) is 42.5 Å². The monoisotopic (exact) mass is 286 g/mol. The van der Waals surface area contributed by atoms with Crippen molar-refractivity contribution in [3.8, 4) is 5.75 Å². The third-order valence-electron chi connectivity index (χ3n) is 3.33.